The van der Waals surface area contributed by atoms with E-state index in [9.17, 15) is 0 Å². The molecule has 0 aromatic carbocycles. The second-order valence-electron chi connectivity index (χ2n) is 3.41. The van der Waals surface area contributed by atoms with Crippen LogP contribution in [0.3, 0.4) is 0 Å². The van der Waals surface area contributed by atoms with Crippen LogP contribution in [-0.2, 0) is 6.54 Å². The molecule has 0 fully saturated rings. The topological polar surface area (TPSA) is 64.9 Å². The summed E-state index contributed by atoms with van der Waals surface area (Å²) < 4.78 is 5.47. The van der Waals surface area contributed by atoms with Crippen molar-refractivity contribution in [3.63, 3.8) is 0 Å². The Morgan fingerprint density at radius 1 is 1.38 bits per heavy atom. The van der Waals surface area contributed by atoms with Crippen molar-refractivity contribution in [3.05, 3.63) is 35.5 Å². The van der Waals surface area contributed by atoms with Crippen LogP contribution in [0.4, 0.5) is 0 Å². The van der Waals surface area contributed by atoms with Crippen molar-refractivity contribution in [2.75, 3.05) is 0 Å². The van der Waals surface area contributed by atoms with Crippen LogP contribution in [0.25, 0.3) is 0 Å². The van der Waals surface area contributed by atoms with E-state index >= 15 is 0 Å². The van der Waals surface area contributed by atoms with Crippen molar-refractivity contribution in [2.45, 2.75) is 30.5 Å². The van der Waals surface area contributed by atoms with Gasteiger partial charge < -0.3 is 10.2 Å². The minimum atomic E-state index is 0.460. The van der Waals surface area contributed by atoms with Gasteiger partial charge in [0.05, 0.1) is 11.4 Å². The van der Waals surface area contributed by atoms with E-state index in [-0.39, 0.29) is 0 Å². The number of hydrogen-bond acceptors (Lipinski definition) is 5. The first-order chi connectivity index (χ1) is 7.69. The van der Waals surface area contributed by atoms with E-state index in [1.807, 2.05) is 26.0 Å². The molecule has 0 atom stereocenters. The van der Waals surface area contributed by atoms with Crippen LogP contribution in [0.2, 0.25) is 0 Å². The predicted molar refractivity (Wildman–Crippen MR) is 62.2 cm³/mol. The van der Waals surface area contributed by atoms with Crippen LogP contribution in [0.15, 0.2) is 32.9 Å². The summed E-state index contributed by atoms with van der Waals surface area (Å²) >= 11 is 1.46. The van der Waals surface area contributed by atoms with Crippen LogP contribution in [0.1, 0.15) is 17.1 Å². The fourth-order valence-corrected chi connectivity index (χ4v) is 1.97. The smallest absolute Gasteiger partial charge is 0.261 e. The monoisotopic (exact) mass is 235 g/mol. The summed E-state index contributed by atoms with van der Waals surface area (Å²) in [7, 11) is 0. The largest absolute Gasteiger partial charge is 0.436 e. The Balaban J connectivity index is 2.14. The van der Waals surface area contributed by atoms with Crippen molar-refractivity contribution in [1.29, 1.82) is 0 Å². The highest BCUT2D eigenvalue weighted by molar-refractivity contribution is 7.99. The molecule has 0 spiro atoms. The number of oxazole rings is 1. The Morgan fingerprint density at radius 2 is 2.19 bits per heavy atom. The third-order valence-electron chi connectivity index (χ3n) is 2.22. The lowest BCUT2D eigenvalue weighted by atomic mass is 10.4. The van der Waals surface area contributed by atoms with Gasteiger partial charge in [-0.2, -0.15) is 0 Å². The maximum absolute atomic E-state index is 5.48. The molecule has 0 unspecified atom stereocenters. The SMILES string of the molecule is Cc1nc(Sc2ccc(CN)nc2)oc1C. The quantitative estimate of drug-likeness (QED) is 0.884. The molecule has 2 N–H and O–H groups in total. The average molecular weight is 235 g/mol. The molecule has 2 rings (SSSR count). The summed E-state index contributed by atoms with van der Waals surface area (Å²) in [6.45, 7) is 4.29. The van der Waals surface area contributed by atoms with Gasteiger partial charge in [-0.15, -0.1) is 0 Å². The third-order valence-corrected chi connectivity index (χ3v) is 3.05. The number of hydrogen-bond donors (Lipinski definition) is 1. The molecule has 84 valence electrons. The summed E-state index contributed by atoms with van der Waals surface area (Å²) in [5.41, 5.74) is 7.28. The number of nitrogens with two attached hydrogens (primary N) is 1. The van der Waals surface area contributed by atoms with Crippen LogP contribution in [0.5, 0.6) is 0 Å². The second kappa shape index (κ2) is 4.67. The Labute approximate surface area is 98.3 Å². The molecular formula is C11H13N3OS. The molecule has 0 aliphatic carbocycles. The summed E-state index contributed by atoms with van der Waals surface area (Å²) in [6.07, 6.45) is 1.78. The second-order valence-corrected chi connectivity index (χ2v) is 4.44. The summed E-state index contributed by atoms with van der Waals surface area (Å²) in [5.74, 6) is 0.856. The summed E-state index contributed by atoms with van der Waals surface area (Å²) in [5, 5.41) is 0.650. The molecule has 2 heterocycles. The number of aromatic nitrogens is 2. The molecule has 0 bridgehead atoms. The highest BCUT2D eigenvalue weighted by Crippen LogP contribution is 2.27. The van der Waals surface area contributed by atoms with Crippen molar-refractivity contribution in [3.8, 4) is 0 Å². The van der Waals surface area contributed by atoms with Crippen molar-refractivity contribution in [2.24, 2.45) is 5.73 Å². The first-order valence-corrected chi connectivity index (χ1v) is 5.77. The van der Waals surface area contributed by atoms with E-state index in [4.69, 9.17) is 10.2 Å². The molecule has 0 aliphatic rings. The maximum Gasteiger partial charge on any atom is 0.261 e. The van der Waals surface area contributed by atoms with Gasteiger partial charge in [0.1, 0.15) is 5.76 Å². The van der Waals surface area contributed by atoms with Gasteiger partial charge in [-0.25, -0.2) is 4.98 Å². The fourth-order valence-electron chi connectivity index (χ4n) is 1.18. The van der Waals surface area contributed by atoms with Crippen LogP contribution in [0, 0.1) is 13.8 Å². The van der Waals surface area contributed by atoms with Crippen molar-refractivity contribution >= 4 is 11.8 Å². The minimum absolute atomic E-state index is 0.460. The molecular weight excluding hydrogens is 222 g/mol. The standard InChI is InChI=1S/C11H13N3OS/c1-7-8(2)15-11(14-7)16-10-4-3-9(5-12)13-6-10/h3-4,6H,5,12H2,1-2H3. The molecule has 0 aliphatic heterocycles. The lowest BCUT2D eigenvalue weighted by Gasteiger charge is -1.98. The predicted octanol–water partition coefficient (Wildman–Crippen LogP) is 2.30. The normalized spacial score (nSPS) is 10.7. The van der Waals surface area contributed by atoms with Crippen LogP contribution in [-0.4, -0.2) is 9.97 Å². The maximum atomic E-state index is 5.48. The number of rotatable bonds is 3. The molecule has 0 amide bonds. The minimum Gasteiger partial charge on any atom is -0.436 e. The summed E-state index contributed by atoms with van der Waals surface area (Å²) in [6, 6.07) is 3.87. The van der Waals surface area contributed by atoms with Gasteiger partial charge in [0.15, 0.2) is 0 Å². The van der Waals surface area contributed by atoms with E-state index in [0.717, 1.165) is 22.0 Å². The first-order valence-electron chi connectivity index (χ1n) is 4.96. The Kier molecular flexibility index (Phi) is 3.26. The molecule has 2 aromatic heterocycles. The zero-order valence-electron chi connectivity index (χ0n) is 9.23. The van der Waals surface area contributed by atoms with E-state index in [2.05, 4.69) is 9.97 Å². The molecule has 16 heavy (non-hydrogen) atoms. The molecule has 2 aromatic rings. The van der Waals surface area contributed by atoms with Crippen LogP contribution >= 0.6 is 11.8 Å². The average Bonchev–Trinajstić information content (AvgIpc) is 2.59. The van der Waals surface area contributed by atoms with E-state index < -0.39 is 0 Å². The van der Waals surface area contributed by atoms with Gasteiger partial charge in [0, 0.05) is 17.6 Å². The molecule has 5 heteroatoms. The van der Waals surface area contributed by atoms with E-state index in [1.54, 1.807) is 6.20 Å². The Bertz CT molecular complexity index is 459. The van der Waals surface area contributed by atoms with E-state index in [0.29, 0.717) is 11.8 Å². The van der Waals surface area contributed by atoms with Gasteiger partial charge in [0.25, 0.3) is 5.22 Å². The zero-order chi connectivity index (χ0) is 11.5. The number of aryl methyl sites for hydroxylation is 2. The third kappa shape index (κ3) is 2.43. The molecule has 0 saturated carbocycles. The molecule has 0 radical (unpaired) electrons. The van der Waals surface area contributed by atoms with Crippen molar-refractivity contribution in [1.82, 2.24) is 9.97 Å². The van der Waals surface area contributed by atoms with Gasteiger partial charge in [-0.3, -0.25) is 4.98 Å². The van der Waals surface area contributed by atoms with Gasteiger partial charge in [0.2, 0.25) is 0 Å². The highest BCUT2D eigenvalue weighted by atomic mass is 32.2. The van der Waals surface area contributed by atoms with Gasteiger partial charge in [-0.1, -0.05) is 0 Å². The summed E-state index contributed by atoms with van der Waals surface area (Å²) in [4.78, 5) is 9.50. The molecule has 4 nitrogen and oxygen atoms in total. The van der Waals surface area contributed by atoms with Crippen molar-refractivity contribution < 1.29 is 4.42 Å². The fraction of sp³-hybridized carbons (Fsp3) is 0.273. The first kappa shape index (κ1) is 11.2. The number of pyridine rings is 1. The Hall–Kier alpha value is -1.33. The van der Waals surface area contributed by atoms with E-state index in [1.165, 1.54) is 11.8 Å². The number of nitrogens with zero attached hydrogens (tertiary/aromatic N) is 2. The molecule has 0 saturated heterocycles. The van der Waals surface area contributed by atoms with Crippen LogP contribution < -0.4 is 5.73 Å². The van der Waals surface area contributed by atoms with Gasteiger partial charge >= 0.3 is 0 Å². The lowest BCUT2D eigenvalue weighted by molar-refractivity contribution is 0.431. The lowest BCUT2D eigenvalue weighted by Crippen LogP contribution is -1.98. The Morgan fingerprint density at radius 3 is 2.69 bits per heavy atom. The van der Waals surface area contributed by atoms with Gasteiger partial charge in [-0.05, 0) is 37.7 Å². The highest BCUT2D eigenvalue weighted by Gasteiger charge is 2.07. The zero-order valence-corrected chi connectivity index (χ0v) is 10.0.